The molecule has 0 aromatic heterocycles. The first kappa shape index (κ1) is 15.7. The predicted molar refractivity (Wildman–Crippen MR) is 86.1 cm³/mol. The molecule has 21 heavy (non-hydrogen) atoms. The highest BCUT2D eigenvalue weighted by Crippen LogP contribution is 2.35. The molecule has 4 nitrogen and oxygen atoms in total. The third-order valence-corrected chi connectivity index (χ3v) is 4.35. The summed E-state index contributed by atoms with van der Waals surface area (Å²) in [6, 6.07) is 7.13. The van der Waals surface area contributed by atoms with E-state index in [1.807, 2.05) is 6.07 Å². The quantitative estimate of drug-likeness (QED) is 0.817. The Balaban J connectivity index is 1.96. The molecule has 1 amide bonds. The number of hydrogen-bond acceptors (Lipinski definition) is 3. The summed E-state index contributed by atoms with van der Waals surface area (Å²) in [4.78, 5) is 12.1. The van der Waals surface area contributed by atoms with Crippen molar-refractivity contribution in [3.05, 3.63) is 24.3 Å². The molecular weight excluding hydrogens is 264 g/mol. The number of amides is 1. The van der Waals surface area contributed by atoms with E-state index in [1.165, 1.54) is 6.42 Å². The Morgan fingerprint density at radius 3 is 2.81 bits per heavy atom. The third kappa shape index (κ3) is 4.38. The Hall–Kier alpha value is -1.71. The molecule has 1 saturated carbocycles. The van der Waals surface area contributed by atoms with Crippen LogP contribution in [0.2, 0.25) is 0 Å². The van der Waals surface area contributed by atoms with Gasteiger partial charge in [0.25, 0.3) is 0 Å². The summed E-state index contributed by atoms with van der Waals surface area (Å²) in [6.07, 6.45) is 2.93. The van der Waals surface area contributed by atoms with Crippen LogP contribution in [0.1, 0.15) is 40.0 Å². The van der Waals surface area contributed by atoms with Crippen LogP contribution in [-0.4, -0.2) is 12.2 Å². The van der Waals surface area contributed by atoms with Gasteiger partial charge in [0.2, 0.25) is 0 Å². The molecular formula is C17H26N2O2. The van der Waals surface area contributed by atoms with Crippen LogP contribution in [-0.2, 0) is 4.74 Å². The number of anilines is 2. The van der Waals surface area contributed by atoms with Crippen LogP contribution in [0.25, 0.3) is 0 Å². The van der Waals surface area contributed by atoms with Gasteiger partial charge in [-0.1, -0.05) is 33.3 Å². The Morgan fingerprint density at radius 2 is 2.14 bits per heavy atom. The van der Waals surface area contributed by atoms with Crippen LogP contribution in [0, 0.1) is 17.8 Å². The summed E-state index contributed by atoms with van der Waals surface area (Å²) in [5, 5.41) is 2.76. The first-order valence-electron chi connectivity index (χ1n) is 7.79. The van der Waals surface area contributed by atoms with Crippen molar-refractivity contribution in [3.8, 4) is 0 Å². The standard InChI is InChI=1S/C17H26N2O2/c1-11(2)15-8-7-12(3)9-16(15)21-17(20)19-14-6-4-5-13(18)10-14/h4-6,10-12,15-16H,7-9,18H2,1-3H3,(H,19,20). The molecule has 3 N–H and O–H groups in total. The van der Waals surface area contributed by atoms with Gasteiger partial charge in [0.15, 0.2) is 0 Å². The van der Waals surface area contributed by atoms with E-state index in [4.69, 9.17) is 10.5 Å². The van der Waals surface area contributed by atoms with Gasteiger partial charge in [0, 0.05) is 11.4 Å². The van der Waals surface area contributed by atoms with Crippen molar-refractivity contribution in [2.75, 3.05) is 11.1 Å². The maximum Gasteiger partial charge on any atom is 0.411 e. The van der Waals surface area contributed by atoms with E-state index in [9.17, 15) is 4.79 Å². The van der Waals surface area contributed by atoms with Crippen molar-refractivity contribution in [2.24, 2.45) is 17.8 Å². The fourth-order valence-electron chi connectivity index (χ4n) is 3.15. The highest BCUT2D eigenvalue weighted by Gasteiger charge is 2.33. The van der Waals surface area contributed by atoms with E-state index < -0.39 is 0 Å². The Labute approximate surface area is 127 Å². The van der Waals surface area contributed by atoms with Crippen LogP contribution >= 0.6 is 0 Å². The lowest BCUT2D eigenvalue weighted by Gasteiger charge is -2.36. The predicted octanol–water partition coefficient (Wildman–Crippen LogP) is 4.28. The first-order valence-corrected chi connectivity index (χ1v) is 7.79. The SMILES string of the molecule is CC1CCC(C(C)C)C(OC(=O)Nc2cccc(N)c2)C1. The van der Waals surface area contributed by atoms with Crippen LogP contribution in [0.4, 0.5) is 16.2 Å². The average molecular weight is 290 g/mol. The van der Waals surface area contributed by atoms with Gasteiger partial charge in [0.05, 0.1) is 0 Å². The Morgan fingerprint density at radius 1 is 1.38 bits per heavy atom. The van der Waals surface area contributed by atoms with Gasteiger partial charge in [0.1, 0.15) is 6.10 Å². The smallest absolute Gasteiger partial charge is 0.411 e. The Kier molecular flexibility index (Phi) is 5.10. The molecule has 0 spiro atoms. The number of nitrogens with two attached hydrogens (primary N) is 1. The first-order chi connectivity index (χ1) is 9.95. The fourth-order valence-corrected chi connectivity index (χ4v) is 3.15. The van der Waals surface area contributed by atoms with Crippen LogP contribution in [0.5, 0.6) is 0 Å². The zero-order valence-electron chi connectivity index (χ0n) is 13.1. The second-order valence-electron chi connectivity index (χ2n) is 6.52. The number of hydrogen-bond donors (Lipinski definition) is 2. The molecule has 3 atom stereocenters. The molecule has 0 heterocycles. The average Bonchev–Trinajstić information content (AvgIpc) is 2.38. The van der Waals surface area contributed by atoms with Crippen LogP contribution < -0.4 is 11.1 Å². The molecule has 0 radical (unpaired) electrons. The minimum atomic E-state index is -0.384. The van der Waals surface area contributed by atoms with E-state index in [2.05, 4.69) is 26.1 Å². The summed E-state index contributed by atoms with van der Waals surface area (Å²) in [5.74, 6) is 1.60. The van der Waals surface area contributed by atoms with Crippen molar-refractivity contribution in [1.29, 1.82) is 0 Å². The number of rotatable bonds is 3. The Bertz CT molecular complexity index is 487. The fraction of sp³-hybridized carbons (Fsp3) is 0.588. The van der Waals surface area contributed by atoms with Gasteiger partial charge >= 0.3 is 6.09 Å². The van der Waals surface area contributed by atoms with E-state index in [-0.39, 0.29) is 12.2 Å². The van der Waals surface area contributed by atoms with Crippen LogP contribution in [0.15, 0.2) is 24.3 Å². The number of nitrogens with one attached hydrogen (secondary N) is 1. The van der Waals surface area contributed by atoms with Crippen molar-refractivity contribution in [1.82, 2.24) is 0 Å². The second kappa shape index (κ2) is 6.83. The maximum atomic E-state index is 12.1. The minimum absolute atomic E-state index is 0.00908. The van der Waals surface area contributed by atoms with Crippen molar-refractivity contribution in [2.45, 2.75) is 46.1 Å². The van der Waals surface area contributed by atoms with Crippen molar-refractivity contribution >= 4 is 17.5 Å². The lowest BCUT2D eigenvalue weighted by atomic mass is 9.75. The summed E-state index contributed by atoms with van der Waals surface area (Å²) in [7, 11) is 0. The minimum Gasteiger partial charge on any atom is -0.446 e. The molecule has 116 valence electrons. The lowest BCUT2D eigenvalue weighted by Crippen LogP contribution is -2.36. The molecule has 1 aliphatic carbocycles. The summed E-state index contributed by atoms with van der Waals surface area (Å²) in [6.45, 7) is 6.63. The largest absolute Gasteiger partial charge is 0.446 e. The van der Waals surface area contributed by atoms with Gasteiger partial charge in [-0.05, 0) is 48.8 Å². The molecule has 0 bridgehead atoms. The van der Waals surface area contributed by atoms with Gasteiger partial charge in [-0.25, -0.2) is 4.79 Å². The number of nitrogen functional groups attached to an aromatic ring is 1. The van der Waals surface area contributed by atoms with Gasteiger partial charge < -0.3 is 10.5 Å². The van der Waals surface area contributed by atoms with Gasteiger partial charge in [-0.2, -0.15) is 0 Å². The third-order valence-electron chi connectivity index (χ3n) is 4.35. The lowest BCUT2D eigenvalue weighted by molar-refractivity contribution is 0.0126. The molecule has 3 unspecified atom stereocenters. The van der Waals surface area contributed by atoms with E-state index in [0.717, 1.165) is 12.8 Å². The molecule has 2 rings (SSSR count). The molecule has 0 saturated heterocycles. The molecule has 1 aromatic rings. The normalized spacial score (nSPS) is 25.6. The molecule has 1 fully saturated rings. The number of carbonyl (C=O) groups excluding carboxylic acids is 1. The highest BCUT2D eigenvalue weighted by atomic mass is 16.6. The zero-order valence-corrected chi connectivity index (χ0v) is 13.1. The summed E-state index contributed by atoms with van der Waals surface area (Å²) >= 11 is 0. The van der Waals surface area contributed by atoms with Gasteiger partial charge in [-0.15, -0.1) is 0 Å². The molecule has 1 aromatic carbocycles. The second-order valence-corrected chi connectivity index (χ2v) is 6.52. The number of carbonyl (C=O) groups is 1. The highest BCUT2D eigenvalue weighted by molar-refractivity contribution is 5.85. The van der Waals surface area contributed by atoms with Gasteiger partial charge in [-0.3, -0.25) is 5.32 Å². The van der Waals surface area contributed by atoms with E-state index in [0.29, 0.717) is 29.1 Å². The number of benzene rings is 1. The van der Waals surface area contributed by atoms with E-state index in [1.54, 1.807) is 18.2 Å². The zero-order chi connectivity index (χ0) is 15.4. The molecule has 0 aliphatic heterocycles. The van der Waals surface area contributed by atoms with Crippen molar-refractivity contribution in [3.63, 3.8) is 0 Å². The summed E-state index contributed by atoms with van der Waals surface area (Å²) < 4.78 is 5.69. The topological polar surface area (TPSA) is 64.3 Å². The number of ether oxygens (including phenoxy) is 1. The van der Waals surface area contributed by atoms with Crippen LogP contribution in [0.3, 0.4) is 0 Å². The van der Waals surface area contributed by atoms with Crippen molar-refractivity contribution < 1.29 is 9.53 Å². The maximum absolute atomic E-state index is 12.1. The molecule has 4 heteroatoms. The summed E-state index contributed by atoms with van der Waals surface area (Å²) in [5.41, 5.74) is 7.00. The van der Waals surface area contributed by atoms with E-state index >= 15 is 0 Å². The monoisotopic (exact) mass is 290 g/mol. The molecule has 1 aliphatic rings.